The van der Waals surface area contributed by atoms with Crippen molar-refractivity contribution in [2.75, 3.05) is 13.1 Å². The second kappa shape index (κ2) is 6.45. The van der Waals surface area contributed by atoms with Gasteiger partial charge in [0.2, 0.25) is 0 Å². The van der Waals surface area contributed by atoms with Gasteiger partial charge in [0, 0.05) is 0 Å². The Morgan fingerprint density at radius 1 is 1.17 bits per heavy atom. The molecule has 0 saturated carbocycles. The van der Waals surface area contributed by atoms with E-state index in [4.69, 9.17) is 9.16 Å². The van der Waals surface area contributed by atoms with Crippen LogP contribution < -0.4 is 0 Å². The number of ether oxygens (including phenoxy) is 1. The molecule has 1 aliphatic rings. The van der Waals surface area contributed by atoms with E-state index in [1.807, 2.05) is 34.6 Å². The maximum Gasteiger partial charge on any atom is 0.410 e. The van der Waals surface area contributed by atoms with Crippen LogP contribution in [0, 0.1) is 5.41 Å². The zero-order chi connectivity index (χ0) is 19.1. The third kappa shape index (κ3) is 4.82. The molecule has 0 aliphatic carbocycles. The van der Waals surface area contributed by atoms with Gasteiger partial charge in [0.05, 0.1) is 24.6 Å². The van der Waals surface area contributed by atoms with Gasteiger partial charge in [-0.25, -0.2) is 4.79 Å². The van der Waals surface area contributed by atoms with Crippen LogP contribution in [0.2, 0.25) is 18.1 Å². The summed E-state index contributed by atoms with van der Waals surface area (Å²) in [7, 11) is -2.05. The highest BCUT2D eigenvalue weighted by Crippen LogP contribution is 2.41. The monoisotopic (exact) mass is 357 g/mol. The molecule has 1 unspecified atom stereocenters. The van der Waals surface area contributed by atoms with Crippen LogP contribution in [0.25, 0.3) is 0 Å². The van der Waals surface area contributed by atoms with Gasteiger partial charge in [-0.2, -0.15) is 0 Å². The van der Waals surface area contributed by atoms with Gasteiger partial charge in [-0.3, -0.25) is 9.69 Å². The molecule has 0 aromatic heterocycles. The number of rotatable bonds is 2. The molecule has 140 valence electrons. The fraction of sp³-hybridized carbons (Fsp3) is 0.889. The molecule has 1 atom stereocenters. The van der Waals surface area contributed by atoms with Gasteiger partial charge >= 0.3 is 6.09 Å². The van der Waals surface area contributed by atoms with Gasteiger partial charge in [0.15, 0.2) is 14.1 Å². The number of carbonyl (C=O) groups is 2. The first kappa shape index (κ1) is 21.2. The van der Waals surface area contributed by atoms with Crippen LogP contribution in [0.15, 0.2) is 0 Å². The quantitative estimate of drug-likeness (QED) is 0.694. The number of piperidine rings is 1. The Kier molecular flexibility index (Phi) is 5.68. The summed E-state index contributed by atoms with van der Waals surface area (Å²) in [6.45, 7) is 20.6. The molecular formula is C18H35NO4Si. The maximum atomic E-state index is 12.6. The SMILES string of the molecule is CC(C)(C)OC(=O)N1CC(=O)C(C)(C)C(O[Si](C)(C)C(C)(C)C)C1. The Labute approximate surface area is 148 Å². The van der Waals surface area contributed by atoms with Gasteiger partial charge < -0.3 is 9.16 Å². The highest BCUT2D eigenvalue weighted by atomic mass is 28.4. The number of Topliss-reactive ketones (excluding diaryl/α,β-unsaturated/α-hetero) is 1. The van der Waals surface area contributed by atoms with Crippen molar-refractivity contribution in [2.45, 2.75) is 85.2 Å². The summed E-state index contributed by atoms with van der Waals surface area (Å²) in [5.74, 6) is 0.0170. The van der Waals surface area contributed by atoms with E-state index >= 15 is 0 Å². The van der Waals surface area contributed by atoms with Gasteiger partial charge in [-0.15, -0.1) is 0 Å². The van der Waals surface area contributed by atoms with Crippen molar-refractivity contribution >= 4 is 20.2 Å². The molecular weight excluding hydrogens is 322 g/mol. The van der Waals surface area contributed by atoms with Crippen LogP contribution >= 0.6 is 0 Å². The Bertz CT molecular complexity index is 500. The standard InChI is InChI=1S/C18H35NO4Si/c1-16(2,3)22-15(21)19-11-13(20)18(7,8)14(12-19)23-24(9,10)17(4,5)6/h14H,11-12H2,1-10H3. The lowest BCUT2D eigenvalue weighted by Gasteiger charge is -2.47. The molecule has 1 amide bonds. The Balaban J connectivity index is 3.01. The van der Waals surface area contributed by atoms with E-state index in [1.165, 1.54) is 4.90 Å². The Morgan fingerprint density at radius 3 is 2.08 bits per heavy atom. The van der Waals surface area contributed by atoms with E-state index in [2.05, 4.69) is 33.9 Å². The number of likely N-dealkylation sites (tertiary alicyclic amines) is 1. The number of hydrogen-bond acceptors (Lipinski definition) is 4. The summed E-state index contributed by atoms with van der Waals surface area (Å²) in [4.78, 5) is 26.5. The predicted octanol–water partition coefficient (Wildman–Crippen LogP) is 4.22. The van der Waals surface area contributed by atoms with E-state index in [0.717, 1.165) is 0 Å². The molecule has 1 rings (SSSR count). The largest absolute Gasteiger partial charge is 0.444 e. The molecule has 0 aromatic rings. The topological polar surface area (TPSA) is 55.8 Å². The molecule has 1 aliphatic heterocycles. The van der Waals surface area contributed by atoms with Crippen LogP contribution in [0.5, 0.6) is 0 Å². The van der Waals surface area contributed by atoms with E-state index < -0.39 is 25.4 Å². The van der Waals surface area contributed by atoms with Crippen LogP contribution in [-0.2, 0) is 14.0 Å². The van der Waals surface area contributed by atoms with Crippen molar-refractivity contribution in [2.24, 2.45) is 5.41 Å². The second-order valence-corrected chi connectivity index (χ2v) is 14.6. The van der Waals surface area contributed by atoms with Crippen molar-refractivity contribution in [1.82, 2.24) is 4.90 Å². The molecule has 1 heterocycles. The fourth-order valence-electron chi connectivity index (χ4n) is 2.23. The average Bonchev–Trinajstić information content (AvgIpc) is 2.31. The van der Waals surface area contributed by atoms with Crippen molar-refractivity contribution < 1.29 is 18.8 Å². The van der Waals surface area contributed by atoms with E-state index in [9.17, 15) is 9.59 Å². The van der Waals surface area contributed by atoms with E-state index in [0.29, 0.717) is 6.54 Å². The first-order valence-corrected chi connectivity index (χ1v) is 11.6. The van der Waals surface area contributed by atoms with Crippen LogP contribution in [0.1, 0.15) is 55.4 Å². The van der Waals surface area contributed by atoms with Crippen molar-refractivity contribution in [1.29, 1.82) is 0 Å². The maximum absolute atomic E-state index is 12.6. The summed E-state index contributed by atoms with van der Waals surface area (Å²) < 4.78 is 11.9. The lowest BCUT2D eigenvalue weighted by atomic mass is 9.79. The number of hydrogen-bond donors (Lipinski definition) is 0. The summed E-state index contributed by atoms with van der Waals surface area (Å²) in [6.07, 6.45) is -0.762. The summed E-state index contributed by atoms with van der Waals surface area (Å²) in [5, 5.41) is 0.0420. The number of carbonyl (C=O) groups excluding carboxylic acids is 2. The number of amides is 1. The predicted molar refractivity (Wildman–Crippen MR) is 98.7 cm³/mol. The van der Waals surface area contributed by atoms with Crippen LogP contribution in [-0.4, -0.2) is 49.9 Å². The molecule has 5 nitrogen and oxygen atoms in total. The van der Waals surface area contributed by atoms with Gasteiger partial charge in [0.25, 0.3) is 0 Å². The highest BCUT2D eigenvalue weighted by Gasteiger charge is 2.49. The zero-order valence-electron chi connectivity index (χ0n) is 17.1. The molecule has 6 heteroatoms. The summed E-state index contributed by atoms with van der Waals surface area (Å²) >= 11 is 0. The third-order valence-electron chi connectivity index (χ3n) is 5.14. The number of ketones is 1. The minimum Gasteiger partial charge on any atom is -0.444 e. The fourth-order valence-corrected chi connectivity index (χ4v) is 3.67. The smallest absolute Gasteiger partial charge is 0.410 e. The van der Waals surface area contributed by atoms with Crippen molar-refractivity contribution in [3.63, 3.8) is 0 Å². The van der Waals surface area contributed by atoms with Gasteiger partial charge in [-0.05, 0) is 38.9 Å². The molecule has 0 bridgehead atoms. The second-order valence-electron chi connectivity index (χ2n) is 9.87. The first-order chi connectivity index (χ1) is 10.5. The lowest BCUT2D eigenvalue weighted by molar-refractivity contribution is -0.140. The molecule has 0 N–H and O–H groups in total. The molecule has 1 saturated heterocycles. The number of nitrogens with zero attached hydrogens (tertiary/aromatic N) is 1. The first-order valence-electron chi connectivity index (χ1n) is 8.66. The Hall–Kier alpha value is -0.883. The van der Waals surface area contributed by atoms with Crippen molar-refractivity contribution in [3.8, 4) is 0 Å². The average molecular weight is 358 g/mol. The summed E-state index contributed by atoms with van der Waals surface area (Å²) in [6, 6.07) is 0. The highest BCUT2D eigenvalue weighted by molar-refractivity contribution is 6.74. The molecule has 0 aromatic carbocycles. The van der Waals surface area contributed by atoms with Crippen molar-refractivity contribution in [3.05, 3.63) is 0 Å². The molecule has 24 heavy (non-hydrogen) atoms. The van der Waals surface area contributed by atoms with E-state index in [1.54, 1.807) is 0 Å². The van der Waals surface area contributed by atoms with E-state index in [-0.39, 0.29) is 23.5 Å². The minimum atomic E-state index is -2.05. The third-order valence-corrected chi connectivity index (χ3v) is 9.63. The lowest BCUT2D eigenvalue weighted by Crippen LogP contribution is -2.61. The zero-order valence-corrected chi connectivity index (χ0v) is 18.1. The summed E-state index contributed by atoms with van der Waals surface area (Å²) in [5.41, 5.74) is -1.18. The minimum absolute atomic E-state index is 0.0170. The molecule has 1 fully saturated rings. The molecule has 0 radical (unpaired) electrons. The molecule has 0 spiro atoms. The normalized spacial score (nSPS) is 22.5. The Morgan fingerprint density at radius 2 is 1.67 bits per heavy atom. The van der Waals surface area contributed by atoms with Crippen LogP contribution in [0.4, 0.5) is 4.79 Å². The van der Waals surface area contributed by atoms with Gasteiger partial charge in [-0.1, -0.05) is 34.6 Å². The van der Waals surface area contributed by atoms with Crippen LogP contribution in [0.3, 0.4) is 0 Å². The van der Waals surface area contributed by atoms with Gasteiger partial charge in [0.1, 0.15) is 5.60 Å².